The molecule has 0 atom stereocenters. The number of nitrogens with zero attached hydrogens (tertiary/aromatic N) is 2. The second-order valence-corrected chi connectivity index (χ2v) is 16.4. The predicted octanol–water partition coefficient (Wildman–Crippen LogP) is 17.1. The van der Waals surface area contributed by atoms with Crippen LogP contribution in [0.2, 0.25) is 0 Å². The topological polar surface area (TPSA) is 34.5 Å². The summed E-state index contributed by atoms with van der Waals surface area (Å²) in [5.41, 5.74) is 17.1. The summed E-state index contributed by atoms with van der Waals surface area (Å²) >= 11 is 0. The number of benzene rings is 10. The Balaban J connectivity index is 0.931. The van der Waals surface area contributed by atoms with E-state index < -0.39 is 0 Å². The molecular weight excluding hydrogens is 781 g/mol. The van der Waals surface area contributed by atoms with Crippen molar-refractivity contribution in [2.24, 2.45) is 0 Å². The maximum absolute atomic E-state index is 6.52. The molecule has 0 amide bonds. The Morgan fingerprint density at radius 1 is 0.328 bits per heavy atom. The minimum Gasteiger partial charge on any atom is -0.456 e. The smallest absolute Gasteiger partial charge is 0.143 e. The normalized spacial score (nSPS) is 11.8. The number of furan rings is 2. The van der Waals surface area contributed by atoms with Gasteiger partial charge in [-0.1, -0.05) is 152 Å². The quantitative estimate of drug-likeness (QED) is 0.161. The van der Waals surface area contributed by atoms with E-state index in [2.05, 4.69) is 222 Å². The molecule has 13 rings (SSSR count). The molecule has 3 aromatic heterocycles. The Labute approximate surface area is 369 Å². The second-order valence-electron chi connectivity index (χ2n) is 16.4. The Morgan fingerprint density at radius 2 is 0.906 bits per heavy atom. The lowest BCUT2D eigenvalue weighted by atomic mass is 9.98. The molecule has 4 heteroatoms. The summed E-state index contributed by atoms with van der Waals surface area (Å²) in [5, 5.41) is 6.87. The molecule has 0 saturated carbocycles. The Bertz CT molecular complexity index is 3880. The van der Waals surface area contributed by atoms with Crippen LogP contribution in [0.1, 0.15) is 0 Å². The van der Waals surface area contributed by atoms with E-state index in [9.17, 15) is 0 Å². The van der Waals surface area contributed by atoms with Crippen LogP contribution in [0.3, 0.4) is 0 Å². The van der Waals surface area contributed by atoms with Crippen LogP contribution in [0.5, 0.6) is 0 Å². The lowest BCUT2D eigenvalue weighted by Crippen LogP contribution is -2.10. The number of anilines is 3. The summed E-state index contributed by atoms with van der Waals surface area (Å²) in [6.07, 6.45) is 0. The first kappa shape index (κ1) is 36.1. The summed E-state index contributed by atoms with van der Waals surface area (Å²) in [6, 6.07) is 82.1. The van der Waals surface area contributed by atoms with E-state index in [0.717, 1.165) is 94.4 Å². The lowest BCUT2D eigenvalue weighted by molar-refractivity contribution is 0.669. The van der Waals surface area contributed by atoms with Crippen LogP contribution in [0.15, 0.2) is 239 Å². The van der Waals surface area contributed by atoms with E-state index in [1.807, 2.05) is 18.2 Å². The van der Waals surface area contributed by atoms with Crippen molar-refractivity contribution >= 4 is 82.7 Å². The van der Waals surface area contributed by atoms with Gasteiger partial charge in [-0.05, 0) is 107 Å². The van der Waals surface area contributed by atoms with Gasteiger partial charge in [0.25, 0.3) is 0 Å². The highest BCUT2D eigenvalue weighted by Crippen LogP contribution is 2.45. The fourth-order valence-corrected chi connectivity index (χ4v) is 9.90. The van der Waals surface area contributed by atoms with Crippen molar-refractivity contribution in [2.45, 2.75) is 0 Å². The van der Waals surface area contributed by atoms with Gasteiger partial charge in [0.1, 0.15) is 22.3 Å². The molecule has 0 fully saturated rings. The molecule has 0 bridgehead atoms. The highest BCUT2D eigenvalue weighted by atomic mass is 16.3. The van der Waals surface area contributed by atoms with Gasteiger partial charge >= 0.3 is 0 Å². The average molecular weight is 819 g/mol. The van der Waals surface area contributed by atoms with Crippen LogP contribution in [-0.4, -0.2) is 4.57 Å². The van der Waals surface area contributed by atoms with Crippen LogP contribution in [0.4, 0.5) is 17.1 Å². The minimum absolute atomic E-state index is 0.856. The number of aromatic nitrogens is 1. The SMILES string of the molecule is c1ccc(-c2cccc3c2oc2ccc(-c4ccc(N(c5ccc(-c6cccc7c6c6ccccc6n7-c6ccccc6)cc5)c5cccc6oc7ccccc7c56)cc4)cc23)cc1. The summed E-state index contributed by atoms with van der Waals surface area (Å²) in [7, 11) is 0. The van der Waals surface area contributed by atoms with Crippen molar-refractivity contribution < 1.29 is 8.83 Å². The van der Waals surface area contributed by atoms with Crippen molar-refractivity contribution in [3.63, 3.8) is 0 Å². The molecule has 13 aromatic rings. The Hall–Kier alpha value is -8.60. The second kappa shape index (κ2) is 14.5. The largest absolute Gasteiger partial charge is 0.456 e. The van der Waals surface area contributed by atoms with Crippen LogP contribution < -0.4 is 4.90 Å². The Kier molecular flexibility index (Phi) is 8.18. The zero-order valence-corrected chi connectivity index (χ0v) is 34.7. The van der Waals surface area contributed by atoms with Crippen LogP contribution >= 0.6 is 0 Å². The van der Waals surface area contributed by atoms with Gasteiger partial charge in [0.2, 0.25) is 0 Å². The first-order valence-electron chi connectivity index (χ1n) is 21.7. The van der Waals surface area contributed by atoms with Crippen molar-refractivity contribution in [1.82, 2.24) is 4.57 Å². The fraction of sp³-hybridized carbons (Fsp3) is 0. The molecule has 0 aliphatic rings. The molecule has 0 radical (unpaired) electrons. The molecule has 64 heavy (non-hydrogen) atoms. The molecule has 3 heterocycles. The standard InChI is InChI=1S/C60H38N2O2/c1-3-14-40(15-4-1)47-21-11-22-48-51-38-42(32-37-56(51)64-60(47)48)39-28-33-44(34-29-39)61(54-25-13-27-57-59(54)50-19-8-10-26-55(50)63-57)45-35-30-41(31-36-45)46-20-12-24-53-58(46)49-18-7-9-23-52(49)62(53)43-16-5-2-6-17-43/h1-38H. The van der Waals surface area contributed by atoms with Gasteiger partial charge in [-0.25, -0.2) is 0 Å². The zero-order valence-electron chi connectivity index (χ0n) is 34.7. The van der Waals surface area contributed by atoms with Gasteiger partial charge in [-0.3, -0.25) is 0 Å². The molecule has 4 nitrogen and oxygen atoms in total. The van der Waals surface area contributed by atoms with Crippen LogP contribution in [0, 0.1) is 0 Å². The maximum atomic E-state index is 6.52. The van der Waals surface area contributed by atoms with E-state index >= 15 is 0 Å². The van der Waals surface area contributed by atoms with E-state index in [0.29, 0.717) is 0 Å². The molecule has 0 saturated heterocycles. The highest BCUT2D eigenvalue weighted by Gasteiger charge is 2.21. The van der Waals surface area contributed by atoms with Gasteiger partial charge in [-0.15, -0.1) is 0 Å². The van der Waals surface area contributed by atoms with Gasteiger partial charge in [0.15, 0.2) is 0 Å². The molecule has 10 aromatic carbocycles. The summed E-state index contributed by atoms with van der Waals surface area (Å²) in [4.78, 5) is 2.36. The first-order valence-corrected chi connectivity index (χ1v) is 21.7. The van der Waals surface area contributed by atoms with Crippen LogP contribution in [0.25, 0.3) is 105 Å². The molecule has 0 aliphatic heterocycles. The van der Waals surface area contributed by atoms with Crippen molar-refractivity contribution in [3.05, 3.63) is 231 Å². The number of para-hydroxylation sites is 4. The monoisotopic (exact) mass is 818 g/mol. The molecule has 0 spiro atoms. The summed E-state index contributed by atoms with van der Waals surface area (Å²) in [5.74, 6) is 0. The van der Waals surface area contributed by atoms with Gasteiger partial charge in [0, 0.05) is 49.6 Å². The van der Waals surface area contributed by atoms with E-state index in [-0.39, 0.29) is 0 Å². The number of fused-ring (bicyclic) bond motifs is 9. The fourth-order valence-electron chi connectivity index (χ4n) is 9.90. The zero-order chi connectivity index (χ0) is 42.1. The van der Waals surface area contributed by atoms with Gasteiger partial charge in [-0.2, -0.15) is 0 Å². The molecule has 0 aliphatic carbocycles. The van der Waals surface area contributed by atoms with Crippen LogP contribution in [-0.2, 0) is 0 Å². The third-order valence-electron chi connectivity index (χ3n) is 12.8. The molecular formula is C60H38N2O2. The summed E-state index contributed by atoms with van der Waals surface area (Å²) in [6.45, 7) is 0. The summed E-state index contributed by atoms with van der Waals surface area (Å²) < 4.78 is 15.3. The molecule has 0 N–H and O–H groups in total. The van der Waals surface area contributed by atoms with Gasteiger partial charge in [0.05, 0.1) is 22.1 Å². The number of hydrogen-bond acceptors (Lipinski definition) is 3. The van der Waals surface area contributed by atoms with Crippen molar-refractivity contribution in [2.75, 3.05) is 4.90 Å². The highest BCUT2D eigenvalue weighted by molar-refractivity contribution is 6.16. The maximum Gasteiger partial charge on any atom is 0.143 e. The first-order chi connectivity index (χ1) is 31.7. The average Bonchev–Trinajstić information content (AvgIpc) is 4.05. The Morgan fingerprint density at radius 3 is 1.72 bits per heavy atom. The minimum atomic E-state index is 0.856. The third kappa shape index (κ3) is 5.70. The number of hydrogen-bond donors (Lipinski definition) is 0. The van der Waals surface area contributed by atoms with E-state index in [1.54, 1.807) is 0 Å². The predicted molar refractivity (Wildman–Crippen MR) is 266 cm³/mol. The van der Waals surface area contributed by atoms with E-state index in [4.69, 9.17) is 8.83 Å². The van der Waals surface area contributed by atoms with Gasteiger partial charge < -0.3 is 18.3 Å². The van der Waals surface area contributed by atoms with E-state index in [1.165, 1.54) is 27.4 Å². The van der Waals surface area contributed by atoms with Crippen molar-refractivity contribution in [3.8, 4) is 39.1 Å². The van der Waals surface area contributed by atoms with Crippen molar-refractivity contribution in [1.29, 1.82) is 0 Å². The lowest BCUT2D eigenvalue weighted by Gasteiger charge is -2.26. The molecule has 300 valence electrons. The third-order valence-corrected chi connectivity index (χ3v) is 12.8. The number of rotatable bonds is 7. The molecule has 0 unspecified atom stereocenters.